The molecule has 33 heavy (non-hydrogen) atoms. The van der Waals surface area contributed by atoms with E-state index in [-0.39, 0.29) is 29.7 Å². The molecule has 2 N–H and O–H groups in total. The van der Waals surface area contributed by atoms with Gasteiger partial charge in [0.1, 0.15) is 0 Å². The summed E-state index contributed by atoms with van der Waals surface area (Å²) in [5.41, 5.74) is 0.607. The van der Waals surface area contributed by atoms with E-state index < -0.39 is 0 Å². The molecule has 2 aromatic rings. The molecule has 7 nitrogen and oxygen atoms in total. The molecule has 0 radical (unpaired) electrons. The molecule has 1 aliphatic carbocycles. The van der Waals surface area contributed by atoms with Crippen LogP contribution in [0.5, 0.6) is 0 Å². The molecule has 0 saturated heterocycles. The third kappa shape index (κ3) is 7.45. The fourth-order valence-electron chi connectivity index (χ4n) is 4.14. The molecule has 1 atom stereocenters. The molecule has 0 spiro atoms. The van der Waals surface area contributed by atoms with Gasteiger partial charge in [-0.15, -0.1) is 16.8 Å². The molecular weight excluding hydrogens is 434 g/mol. The predicted molar refractivity (Wildman–Crippen MR) is 132 cm³/mol. The summed E-state index contributed by atoms with van der Waals surface area (Å²) in [5, 5.41) is 15.7. The van der Waals surface area contributed by atoms with Gasteiger partial charge in [0.05, 0.1) is 11.8 Å². The van der Waals surface area contributed by atoms with Crippen molar-refractivity contribution in [2.75, 3.05) is 5.75 Å². The molecule has 1 saturated carbocycles. The van der Waals surface area contributed by atoms with Gasteiger partial charge in [0.2, 0.25) is 5.91 Å². The van der Waals surface area contributed by atoms with Crippen LogP contribution in [0.2, 0.25) is 0 Å². The predicted octanol–water partition coefficient (Wildman–Crippen LogP) is 4.52. The topological polar surface area (TPSA) is 88.9 Å². The normalized spacial score (nSPS) is 15.2. The summed E-state index contributed by atoms with van der Waals surface area (Å²) < 4.78 is 1.95. The number of allylic oxidation sites excluding steroid dienone is 1. The largest absolute Gasteiger partial charge is 0.353 e. The Morgan fingerprint density at radius 2 is 1.91 bits per heavy atom. The first-order valence-corrected chi connectivity index (χ1v) is 12.8. The summed E-state index contributed by atoms with van der Waals surface area (Å²) in [5.74, 6) is 1.20. The van der Waals surface area contributed by atoms with E-state index in [0.717, 1.165) is 19.3 Å². The number of hydrogen-bond acceptors (Lipinski definition) is 5. The van der Waals surface area contributed by atoms with E-state index in [9.17, 15) is 9.59 Å². The number of thioether (sulfide) groups is 1. The van der Waals surface area contributed by atoms with E-state index >= 15 is 0 Å². The lowest BCUT2D eigenvalue weighted by molar-refractivity contribution is -0.119. The van der Waals surface area contributed by atoms with Gasteiger partial charge in [0.25, 0.3) is 5.91 Å². The highest BCUT2D eigenvalue weighted by Gasteiger charge is 2.25. The summed E-state index contributed by atoms with van der Waals surface area (Å²) in [6, 6.07) is 9.16. The zero-order valence-electron chi connectivity index (χ0n) is 19.6. The maximum Gasteiger partial charge on any atom is 0.251 e. The summed E-state index contributed by atoms with van der Waals surface area (Å²) in [7, 11) is 0. The van der Waals surface area contributed by atoms with Crippen molar-refractivity contribution < 1.29 is 9.59 Å². The smallest absolute Gasteiger partial charge is 0.251 e. The molecule has 1 aliphatic rings. The minimum absolute atomic E-state index is 0.0257. The molecule has 1 fully saturated rings. The van der Waals surface area contributed by atoms with E-state index in [4.69, 9.17) is 0 Å². The quantitative estimate of drug-likeness (QED) is 0.373. The van der Waals surface area contributed by atoms with Crippen LogP contribution in [0.15, 0.2) is 48.1 Å². The molecule has 8 heteroatoms. The molecule has 1 unspecified atom stereocenters. The van der Waals surface area contributed by atoms with Crippen LogP contribution in [0.1, 0.15) is 74.6 Å². The summed E-state index contributed by atoms with van der Waals surface area (Å²) in [6.45, 7) is 8.60. The van der Waals surface area contributed by atoms with Crippen LogP contribution in [0.4, 0.5) is 0 Å². The Hall–Kier alpha value is -2.61. The van der Waals surface area contributed by atoms with Crippen molar-refractivity contribution in [3.63, 3.8) is 0 Å². The van der Waals surface area contributed by atoms with Crippen LogP contribution in [-0.2, 0) is 11.3 Å². The van der Waals surface area contributed by atoms with Crippen LogP contribution >= 0.6 is 11.8 Å². The number of carbonyl (C=O) groups is 2. The van der Waals surface area contributed by atoms with Gasteiger partial charge >= 0.3 is 0 Å². The maximum absolute atomic E-state index is 12.8. The van der Waals surface area contributed by atoms with Crippen molar-refractivity contribution >= 4 is 23.6 Å². The molecule has 0 aliphatic heterocycles. The summed E-state index contributed by atoms with van der Waals surface area (Å²) in [6.07, 6.45) is 8.25. The van der Waals surface area contributed by atoms with E-state index in [1.54, 1.807) is 18.2 Å². The fraction of sp³-hybridized carbons (Fsp3) is 0.520. The number of nitrogens with one attached hydrogen (secondary N) is 2. The Bertz CT molecular complexity index is 922. The molecule has 1 aromatic heterocycles. The second kappa shape index (κ2) is 12.6. The maximum atomic E-state index is 12.8. The number of nitrogens with zero attached hydrogens (tertiary/aromatic N) is 3. The van der Waals surface area contributed by atoms with Crippen LogP contribution in [0, 0.1) is 5.92 Å². The standard InChI is InChI=1S/C25H35N5O2S/c1-4-15-30-23(21(16-18(2)3)27-24(32)19-11-7-5-8-12-19)28-29-25(30)33-17-22(31)26-20-13-9-6-10-14-20/h4-5,7-8,11-12,18,20-21H,1,6,9-10,13-17H2,2-3H3,(H,26,31)(H,27,32). The number of benzene rings is 1. The first kappa shape index (κ1) is 25.0. The van der Waals surface area contributed by atoms with Crippen molar-refractivity contribution in [3.05, 3.63) is 54.4 Å². The van der Waals surface area contributed by atoms with Crippen molar-refractivity contribution in [3.8, 4) is 0 Å². The van der Waals surface area contributed by atoms with Gasteiger partial charge < -0.3 is 15.2 Å². The first-order valence-electron chi connectivity index (χ1n) is 11.8. The van der Waals surface area contributed by atoms with Gasteiger partial charge in [-0.05, 0) is 37.3 Å². The number of amides is 2. The van der Waals surface area contributed by atoms with Gasteiger partial charge in [0.15, 0.2) is 11.0 Å². The number of carbonyl (C=O) groups excluding carboxylic acids is 2. The molecule has 178 valence electrons. The number of aromatic nitrogens is 3. The molecule has 0 bridgehead atoms. The van der Waals surface area contributed by atoms with E-state index in [2.05, 4.69) is 41.3 Å². The summed E-state index contributed by atoms with van der Waals surface area (Å²) >= 11 is 1.37. The lowest BCUT2D eigenvalue weighted by Crippen LogP contribution is -2.37. The monoisotopic (exact) mass is 469 g/mol. The van der Waals surface area contributed by atoms with Crippen molar-refractivity contribution in [2.24, 2.45) is 5.92 Å². The van der Waals surface area contributed by atoms with Crippen molar-refractivity contribution in [1.29, 1.82) is 0 Å². The van der Waals surface area contributed by atoms with Gasteiger partial charge in [-0.1, -0.05) is 69.1 Å². The number of rotatable bonds is 11. The lowest BCUT2D eigenvalue weighted by Gasteiger charge is -2.22. The van der Waals surface area contributed by atoms with E-state index in [1.165, 1.54) is 31.0 Å². The average molecular weight is 470 g/mol. The molecule has 2 amide bonds. The highest BCUT2D eigenvalue weighted by atomic mass is 32.2. The van der Waals surface area contributed by atoms with Gasteiger partial charge in [-0.3, -0.25) is 9.59 Å². The molecule has 1 aromatic carbocycles. The van der Waals surface area contributed by atoms with Gasteiger partial charge in [-0.2, -0.15) is 0 Å². The average Bonchev–Trinajstić information content (AvgIpc) is 3.21. The van der Waals surface area contributed by atoms with Crippen LogP contribution in [-0.4, -0.2) is 38.4 Å². The Balaban J connectivity index is 1.72. The Kier molecular flexibility index (Phi) is 9.54. The highest BCUT2D eigenvalue weighted by Crippen LogP contribution is 2.26. The zero-order valence-corrected chi connectivity index (χ0v) is 20.4. The van der Waals surface area contributed by atoms with Gasteiger partial charge in [0, 0.05) is 18.2 Å². The van der Waals surface area contributed by atoms with Crippen LogP contribution < -0.4 is 10.6 Å². The number of hydrogen-bond donors (Lipinski definition) is 2. The highest BCUT2D eigenvalue weighted by molar-refractivity contribution is 7.99. The first-order chi connectivity index (χ1) is 16.0. The third-order valence-corrected chi connectivity index (χ3v) is 6.69. The lowest BCUT2D eigenvalue weighted by atomic mass is 9.95. The van der Waals surface area contributed by atoms with Crippen LogP contribution in [0.3, 0.4) is 0 Å². The fourth-order valence-corrected chi connectivity index (χ4v) is 4.91. The molecule has 3 rings (SSSR count). The van der Waals surface area contributed by atoms with Crippen molar-refractivity contribution in [2.45, 2.75) is 76.2 Å². The molecule has 1 heterocycles. The molecular formula is C25H35N5O2S. The second-order valence-electron chi connectivity index (χ2n) is 8.95. The third-order valence-electron chi connectivity index (χ3n) is 5.72. The zero-order chi connectivity index (χ0) is 23.6. The van der Waals surface area contributed by atoms with E-state index in [1.807, 2.05) is 22.8 Å². The van der Waals surface area contributed by atoms with Gasteiger partial charge in [-0.25, -0.2) is 0 Å². The minimum atomic E-state index is -0.296. The second-order valence-corrected chi connectivity index (χ2v) is 9.90. The van der Waals surface area contributed by atoms with E-state index in [0.29, 0.717) is 29.0 Å². The SMILES string of the molecule is C=CCn1c(SCC(=O)NC2CCCCC2)nnc1C(CC(C)C)NC(=O)c1ccccc1. The minimum Gasteiger partial charge on any atom is -0.353 e. The Morgan fingerprint density at radius 1 is 1.18 bits per heavy atom. The van der Waals surface area contributed by atoms with Crippen LogP contribution in [0.25, 0.3) is 0 Å². The summed E-state index contributed by atoms with van der Waals surface area (Å²) in [4.78, 5) is 25.3. The Labute approximate surface area is 200 Å². The van der Waals surface area contributed by atoms with Crippen molar-refractivity contribution in [1.82, 2.24) is 25.4 Å². The Morgan fingerprint density at radius 3 is 2.58 bits per heavy atom.